The summed E-state index contributed by atoms with van der Waals surface area (Å²) in [7, 11) is 0. The van der Waals surface area contributed by atoms with E-state index in [1.54, 1.807) is 18.0 Å². The summed E-state index contributed by atoms with van der Waals surface area (Å²) < 4.78 is 0. The Labute approximate surface area is 189 Å². The number of nitrogens with zero attached hydrogens (tertiary/aromatic N) is 2. The van der Waals surface area contributed by atoms with Crippen molar-refractivity contribution in [1.29, 1.82) is 0 Å². The molecule has 1 fully saturated rings. The fourth-order valence-electron chi connectivity index (χ4n) is 3.99. The van der Waals surface area contributed by atoms with Crippen LogP contribution in [0.1, 0.15) is 41.6 Å². The molecule has 2 aromatic carbocycles. The van der Waals surface area contributed by atoms with Crippen LogP contribution in [-0.4, -0.2) is 30.2 Å². The second kappa shape index (κ2) is 10.0. The van der Waals surface area contributed by atoms with Gasteiger partial charge in [-0.2, -0.15) is 0 Å². The van der Waals surface area contributed by atoms with Gasteiger partial charge in [-0.25, -0.2) is 4.98 Å². The number of amides is 1. The lowest BCUT2D eigenvalue weighted by molar-refractivity contribution is 0.102. The van der Waals surface area contributed by atoms with Crippen molar-refractivity contribution in [3.05, 3.63) is 71.9 Å². The first-order valence-corrected chi connectivity index (χ1v) is 12.1. The van der Waals surface area contributed by atoms with Gasteiger partial charge in [0.1, 0.15) is 5.82 Å². The lowest BCUT2D eigenvalue weighted by Gasteiger charge is -2.21. The van der Waals surface area contributed by atoms with Crippen molar-refractivity contribution in [2.75, 3.05) is 29.6 Å². The van der Waals surface area contributed by atoms with E-state index in [0.717, 1.165) is 41.3 Å². The van der Waals surface area contributed by atoms with Gasteiger partial charge >= 0.3 is 0 Å². The molecule has 0 unspecified atom stereocenters. The summed E-state index contributed by atoms with van der Waals surface area (Å²) in [5, 5.41) is 2.99. The fourth-order valence-corrected chi connectivity index (χ4v) is 4.40. The van der Waals surface area contributed by atoms with Crippen LogP contribution in [0.2, 0.25) is 0 Å². The first-order valence-electron chi connectivity index (χ1n) is 10.9. The molecule has 4 rings (SSSR count). The molecular formula is C26H29N3OS. The molecule has 3 aromatic rings. The van der Waals surface area contributed by atoms with Crippen LogP contribution in [0, 0.1) is 6.92 Å². The predicted octanol–water partition coefficient (Wildman–Crippen LogP) is 6.41. The Morgan fingerprint density at radius 1 is 0.968 bits per heavy atom. The number of thioether (sulfide) groups is 1. The van der Waals surface area contributed by atoms with Gasteiger partial charge in [0.25, 0.3) is 5.91 Å². The summed E-state index contributed by atoms with van der Waals surface area (Å²) in [6.07, 6.45) is 8.86. The standard InChI is InChI=1S/C26H29N3OS/c1-19-7-8-21(17-24(19)20-9-12-23(31-2)13-10-20)26(30)28-22-11-14-25(27-18-22)29-15-5-3-4-6-16-29/h7-14,17-18H,3-6,15-16H2,1-2H3,(H,28,30). The molecule has 1 aliphatic rings. The fraction of sp³-hybridized carbons (Fsp3) is 0.308. The summed E-state index contributed by atoms with van der Waals surface area (Å²) in [5.41, 5.74) is 4.71. The number of anilines is 2. The third-order valence-electron chi connectivity index (χ3n) is 5.84. The number of hydrogen-bond donors (Lipinski definition) is 1. The average Bonchev–Trinajstić information content (AvgIpc) is 3.10. The molecule has 4 nitrogen and oxygen atoms in total. The Hall–Kier alpha value is -2.79. The van der Waals surface area contributed by atoms with E-state index in [1.807, 2.05) is 30.3 Å². The normalized spacial score (nSPS) is 14.2. The van der Waals surface area contributed by atoms with Gasteiger partial charge in [0, 0.05) is 23.5 Å². The maximum absolute atomic E-state index is 12.9. The van der Waals surface area contributed by atoms with Gasteiger partial charge in [0.05, 0.1) is 11.9 Å². The van der Waals surface area contributed by atoms with Crippen molar-refractivity contribution in [3.63, 3.8) is 0 Å². The molecule has 1 N–H and O–H groups in total. The van der Waals surface area contributed by atoms with Crippen LogP contribution >= 0.6 is 11.8 Å². The molecule has 2 heterocycles. The number of aromatic nitrogens is 1. The minimum absolute atomic E-state index is 0.119. The van der Waals surface area contributed by atoms with Gasteiger partial charge in [-0.1, -0.05) is 31.0 Å². The molecule has 0 atom stereocenters. The summed E-state index contributed by atoms with van der Waals surface area (Å²) in [5.74, 6) is 0.873. The van der Waals surface area contributed by atoms with E-state index in [-0.39, 0.29) is 5.91 Å². The van der Waals surface area contributed by atoms with Gasteiger partial charge in [0.15, 0.2) is 0 Å². The van der Waals surface area contributed by atoms with Gasteiger partial charge in [-0.05, 0) is 79.1 Å². The molecule has 0 aliphatic carbocycles. The topological polar surface area (TPSA) is 45.2 Å². The molecule has 1 aliphatic heterocycles. The number of hydrogen-bond acceptors (Lipinski definition) is 4. The van der Waals surface area contributed by atoms with Gasteiger partial charge in [-0.3, -0.25) is 4.79 Å². The molecule has 160 valence electrons. The van der Waals surface area contributed by atoms with Crippen molar-refractivity contribution < 1.29 is 4.79 Å². The highest BCUT2D eigenvalue weighted by Crippen LogP contribution is 2.27. The van der Waals surface area contributed by atoms with Gasteiger partial charge in [-0.15, -0.1) is 11.8 Å². The molecule has 1 amide bonds. The monoisotopic (exact) mass is 431 g/mol. The van der Waals surface area contributed by atoms with Crippen LogP contribution in [0.5, 0.6) is 0 Å². The van der Waals surface area contributed by atoms with Crippen molar-refractivity contribution in [2.45, 2.75) is 37.5 Å². The number of aryl methyl sites for hydroxylation is 1. The lowest BCUT2D eigenvalue weighted by atomic mass is 9.98. The summed E-state index contributed by atoms with van der Waals surface area (Å²) >= 11 is 1.72. The zero-order valence-electron chi connectivity index (χ0n) is 18.2. The van der Waals surface area contributed by atoms with Crippen molar-refractivity contribution >= 4 is 29.2 Å². The Kier molecular flexibility index (Phi) is 6.92. The average molecular weight is 432 g/mol. The van der Waals surface area contributed by atoms with Crippen LogP contribution < -0.4 is 10.2 Å². The predicted molar refractivity (Wildman–Crippen MR) is 131 cm³/mol. The molecule has 1 aromatic heterocycles. The Bertz CT molecular complexity index is 1020. The minimum Gasteiger partial charge on any atom is -0.357 e. The van der Waals surface area contributed by atoms with Crippen molar-refractivity contribution in [1.82, 2.24) is 4.98 Å². The number of rotatable bonds is 5. The Morgan fingerprint density at radius 3 is 2.35 bits per heavy atom. The zero-order valence-corrected chi connectivity index (χ0v) is 19.0. The SMILES string of the molecule is CSc1ccc(-c2cc(C(=O)Nc3ccc(N4CCCCCC4)nc3)ccc2C)cc1. The van der Waals surface area contributed by atoms with Gasteiger partial charge < -0.3 is 10.2 Å². The molecule has 5 heteroatoms. The maximum atomic E-state index is 12.9. The number of benzene rings is 2. The molecule has 0 saturated carbocycles. The first-order chi connectivity index (χ1) is 15.1. The molecule has 0 bridgehead atoms. The first kappa shape index (κ1) is 21.4. The number of nitrogens with one attached hydrogen (secondary N) is 1. The lowest BCUT2D eigenvalue weighted by Crippen LogP contribution is -2.24. The molecule has 31 heavy (non-hydrogen) atoms. The Balaban J connectivity index is 1.48. The number of carbonyl (C=O) groups is 1. The van der Waals surface area contributed by atoms with E-state index < -0.39 is 0 Å². The van der Waals surface area contributed by atoms with Gasteiger partial charge in [0.2, 0.25) is 0 Å². The smallest absolute Gasteiger partial charge is 0.255 e. The summed E-state index contributed by atoms with van der Waals surface area (Å²) in [6, 6.07) is 18.3. The highest BCUT2D eigenvalue weighted by molar-refractivity contribution is 7.98. The van der Waals surface area contributed by atoms with Crippen molar-refractivity contribution in [2.24, 2.45) is 0 Å². The molecule has 0 radical (unpaired) electrons. The molecular weight excluding hydrogens is 402 g/mol. The number of pyridine rings is 1. The maximum Gasteiger partial charge on any atom is 0.255 e. The highest BCUT2D eigenvalue weighted by Gasteiger charge is 2.13. The van der Waals surface area contributed by atoms with E-state index in [9.17, 15) is 4.79 Å². The summed E-state index contributed by atoms with van der Waals surface area (Å²) in [4.78, 5) is 21.1. The van der Waals surface area contributed by atoms with Crippen molar-refractivity contribution in [3.8, 4) is 11.1 Å². The largest absolute Gasteiger partial charge is 0.357 e. The number of carbonyl (C=O) groups excluding carboxylic acids is 1. The van der Waals surface area contributed by atoms with E-state index in [4.69, 9.17) is 0 Å². The third-order valence-corrected chi connectivity index (χ3v) is 6.58. The van der Waals surface area contributed by atoms with Crippen LogP contribution in [0.4, 0.5) is 11.5 Å². The van der Waals surface area contributed by atoms with Crippen LogP contribution in [-0.2, 0) is 0 Å². The van der Waals surface area contributed by atoms with E-state index >= 15 is 0 Å². The Morgan fingerprint density at radius 2 is 1.71 bits per heavy atom. The van der Waals surface area contributed by atoms with E-state index in [2.05, 4.69) is 52.6 Å². The molecule has 0 spiro atoms. The van der Waals surface area contributed by atoms with E-state index in [0.29, 0.717) is 5.56 Å². The molecule has 1 saturated heterocycles. The third kappa shape index (κ3) is 5.28. The second-order valence-corrected chi connectivity index (χ2v) is 8.90. The quantitative estimate of drug-likeness (QED) is 0.474. The van der Waals surface area contributed by atoms with Crippen LogP contribution in [0.25, 0.3) is 11.1 Å². The summed E-state index contributed by atoms with van der Waals surface area (Å²) in [6.45, 7) is 4.19. The van der Waals surface area contributed by atoms with Crippen LogP contribution in [0.3, 0.4) is 0 Å². The van der Waals surface area contributed by atoms with Crippen LogP contribution in [0.15, 0.2) is 65.7 Å². The second-order valence-electron chi connectivity index (χ2n) is 8.02. The van der Waals surface area contributed by atoms with E-state index in [1.165, 1.54) is 30.6 Å². The minimum atomic E-state index is -0.119. The highest BCUT2D eigenvalue weighted by atomic mass is 32.2. The zero-order chi connectivity index (χ0) is 21.6.